The van der Waals surface area contributed by atoms with Crippen LogP contribution in [0.1, 0.15) is 56.0 Å². The number of thiophene rings is 7. The number of benzene rings is 12. The Balaban J connectivity index is 0.0000000924. The predicted molar refractivity (Wildman–Crippen MR) is 602 cm³/mol. The van der Waals surface area contributed by atoms with Gasteiger partial charge in [-0.15, -0.1) is 79.4 Å². The second-order valence-electron chi connectivity index (χ2n) is 34.3. The van der Waals surface area contributed by atoms with Crippen LogP contribution >= 0.6 is 79.4 Å². The van der Waals surface area contributed by atoms with E-state index in [9.17, 15) is 0 Å². The van der Waals surface area contributed by atoms with Crippen LogP contribution in [0.5, 0.6) is 0 Å². The zero-order valence-electron chi connectivity index (χ0n) is 78.2. The Hall–Kier alpha value is -15.4. The van der Waals surface area contributed by atoms with Crippen LogP contribution in [0.4, 0.5) is 0 Å². The average Bonchev–Trinajstić information content (AvgIpc) is 1.64. The van der Waals surface area contributed by atoms with Gasteiger partial charge in [-0.05, 0) is 251 Å². The summed E-state index contributed by atoms with van der Waals surface area (Å²) in [6, 6.07) is 109. The molecule has 0 aliphatic carbocycles. The zero-order chi connectivity index (χ0) is 95.4. The number of aromatic nitrogens is 10. The summed E-state index contributed by atoms with van der Waals surface area (Å²) in [6.45, 7) is 20.9. The van der Waals surface area contributed by atoms with E-state index in [0.717, 1.165) is 98.4 Å². The first-order valence-electron chi connectivity index (χ1n) is 45.9. The number of hydrogen-bond acceptors (Lipinski definition) is 20. The molecule has 0 fully saturated rings. The molecule has 0 unspecified atom stereocenters. The van der Waals surface area contributed by atoms with E-state index in [1.165, 1.54) is 160 Å². The maximum Gasteiger partial charge on any atom is 0.227 e. The molecule has 13 nitrogen and oxygen atoms in total. The Morgan fingerprint density at radius 3 is 1.26 bits per heavy atom. The van der Waals surface area contributed by atoms with Crippen molar-refractivity contribution in [1.29, 1.82) is 0 Å². The lowest BCUT2D eigenvalue weighted by molar-refractivity contribution is 0.654. The van der Waals surface area contributed by atoms with E-state index in [2.05, 4.69) is 330 Å². The number of rotatable bonds is 0. The molecule has 140 heavy (non-hydrogen) atoms. The second-order valence-corrected chi connectivity index (χ2v) is 41.7. The van der Waals surface area contributed by atoms with Crippen molar-refractivity contribution >= 4 is 287 Å². The molecule has 0 bridgehead atoms. The van der Waals surface area contributed by atoms with Gasteiger partial charge < -0.3 is 13.3 Å². The van der Waals surface area contributed by atoms with Crippen molar-refractivity contribution in [3.05, 3.63) is 421 Å². The Kier molecular flexibility index (Phi) is 26.3. The summed E-state index contributed by atoms with van der Waals surface area (Å²) in [4.78, 5) is 45.5. The Morgan fingerprint density at radius 1 is 0.186 bits per heavy atom. The zero-order valence-corrected chi connectivity index (χ0v) is 83.9. The van der Waals surface area contributed by atoms with E-state index in [0.29, 0.717) is 5.71 Å². The lowest BCUT2D eigenvalue weighted by Crippen LogP contribution is -1.81. The van der Waals surface area contributed by atoms with E-state index >= 15 is 0 Å². The third-order valence-electron chi connectivity index (χ3n) is 24.1. The van der Waals surface area contributed by atoms with E-state index in [1.807, 2.05) is 169 Å². The highest BCUT2D eigenvalue weighted by atomic mass is 32.1. The first-order valence-corrected chi connectivity index (χ1v) is 51.6. The van der Waals surface area contributed by atoms with Gasteiger partial charge in [0.25, 0.3) is 0 Å². The molecule has 0 aliphatic rings. The van der Waals surface area contributed by atoms with Crippen LogP contribution in [0.25, 0.3) is 208 Å². The summed E-state index contributed by atoms with van der Waals surface area (Å²) in [5.41, 5.74) is 22.9. The molecule has 0 radical (unpaired) electrons. The normalized spacial score (nSPS) is 11.2. The summed E-state index contributed by atoms with van der Waals surface area (Å²) in [6.07, 6.45) is 14.3. The molecule has 18 heterocycles. The van der Waals surface area contributed by atoms with Crippen LogP contribution in [0, 0.1) is 69.2 Å². The predicted octanol–water partition coefficient (Wildman–Crippen LogP) is 36.2. The van der Waals surface area contributed by atoms with Crippen LogP contribution in [0.2, 0.25) is 0 Å². The molecule has 0 aliphatic heterocycles. The maximum atomic E-state index is 5.71. The average molecular weight is 1940 g/mol. The summed E-state index contributed by atoms with van der Waals surface area (Å²) in [5, 5.41) is 18.8. The first-order chi connectivity index (χ1) is 68.5. The molecule has 0 amide bonds. The molecule has 680 valence electrons. The number of furan rings is 3. The van der Waals surface area contributed by atoms with Crippen LogP contribution in [0.15, 0.2) is 378 Å². The van der Waals surface area contributed by atoms with Crippen LogP contribution in [0.3, 0.4) is 0 Å². The molecule has 30 rings (SSSR count). The molecule has 0 N–H and O–H groups in total. The van der Waals surface area contributed by atoms with Crippen molar-refractivity contribution in [1.82, 2.24) is 49.8 Å². The third kappa shape index (κ3) is 19.3. The molecular formula is C120H90N10O3S7. The van der Waals surface area contributed by atoms with E-state index in [4.69, 9.17) is 13.3 Å². The van der Waals surface area contributed by atoms with Gasteiger partial charge in [0.2, 0.25) is 5.71 Å². The fourth-order valence-corrected chi connectivity index (χ4v) is 24.7. The van der Waals surface area contributed by atoms with Gasteiger partial charge in [-0.25, -0.2) is 24.9 Å². The molecule has 0 atom stereocenters. The Morgan fingerprint density at radius 2 is 0.571 bits per heavy atom. The maximum absolute atomic E-state index is 5.71. The van der Waals surface area contributed by atoms with E-state index in [1.54, 1.807) is 65.1 Å². The lowest BCUT2D eigenvalue weighted by Gasteiger charge is -1.92. The van der Waals surface area contributed by atoms with Gasteiger partial charge >= 0.3 is 0 Å². The molecule has 0 spiro atoms. The summed E-state index contributed by atoms with van der Waals surface area (Å²) >= 11 is 12.5. The summed E-state index contributed by atoms with van der Waals surface area (Å²) < 4.78 is 32.6. The minimum absolute atomic E-state index is 0.716. The van der Waals surface area contributed by atoms with Gasteiger partial charge in [0, 0.05) is 167 Å². The van der Waals surface area contributed by atoms with Crippen LogP contribution in [-0.2, 0) is 0 Å². The van der Waals surface area contributed by atoms with Crippen LogP contribution < -0.4 is 0 Å². The number of aryl methyl sites for hydroxylation is 10. The highest BCUT2D eigenvalue weighted by Crippen LogP contribution is 2.41. The number of pyridine rings is 6. The lowest BCUT2D eigenvalue weighted by atomic mass is 10.1. The monoisotopic (exact) mass is 1940 g/mol. The highest BCUT2D eigenvalue weighted by Gasteiger charge is 2.16. The number of para-hydroxylation sites is 1. The largest absolute Gasteiger partial charge is 0.456 e. The highest BCUT2D eigenvalue weighted by molar-refractivity contribution is 7.28. The topological polar surface area (TPSA) is 168 Å². The van der Waals surface area contributed by atoms with Gasteiger partial charge in [-0.2, -0.15) is 0 Å². The van der Waals surface area contributed by atoms with Gasteiger partial charge in [-0.1, -0.05) is 172 Å². The van der Waals surface area contributed by atoms with Crippen molar-refractivity contribution in [2.45, 2.75) is 69.2 Å². The summed E-state index contributed by atoms with van der Waals surface area (Å²) in [5.74, 6) is 0. The van der Waals surface area contributed by atoms with Crippen molar-refractivity contribution in [3.8, 4) is 0 Å². The SMILES string of the molecule is Cc1ccc2oc3ccccc3c2c1.Cc1ccc2oc3cccnc3c2c1.Cc1ccc2oc3ncccc3c2c1.Cc1ccc2sc3ccccc3c2c1.Cc1ccc2sc3ccccc3c2n1.Cc1ccc2sc3cccnc3c2c1.Cc1ccc2sc3ncccc3c2c1.Cc1ccc2sc3nccnc3c2c1.Cc1nccc2c1sc1ccccc12.Cc1ncnc2c1sc1ccccc12. The Labute approximate surface area is 833 Å². The van der Waals surface area contributed by atoms with E-state index < -0.39 is 0 Å². The molecule has 20 heteroatoms. The molecule has 0 saturated heterocycles. The minimum Gasteiger partial charge on any atom is -0.456 e. The standard InChI is InChI=1S/C13H10O.C13H10S.2C12H9NO.4C12H9NS.2C11H8N2S/c2*1-9-6-7-13-11(8-9)10-4-2-3-5-12(10)14-13;1-8-4-5-10-9(7-8)12-11(14-10)3-2-6-13-12;1-8-4-5-11-10(7-8)9-3-2-6-13-12(9)14-11;1-8-4-5-10-9(7-8)12-11(14-10)3-2-6-13-12;1-8-4-5-11-10(7-8)9-3-2-6-13-12(9)14-11;1-8-12-10(6-7-13-8)9-4-2-3-5-11(9)14-12;1-8-6-7-11-12(13-8)9-4-2-3-5-10(9)14-11;1-7-2-3-9-8(6-7)10-11(14-9)13-5-4-12-10;1-7-11-10(13-6-12-7)8-4-2-3-5-9(8)14-11/h2*2-8H,1H3;6*2-7H,1H3;2*2-6H,1H3. The molecule has 30 aromatic rings. The van der Waals surface area contributed by atoms with Crippen molar-refractivity contribution in [2.24, 2.45) is 0 Å². The second kappa shape index (κ2) is 40.4. The van der Waals surface area contributed by atoms with Gasteiger partial charge in [0.1, 0.15) is 49.4 Å². The quantitative estimate of drug-likeness (QED) is 0.141. The molecule has 0 saturated carbocycles. The number of nitrogens with zero attached hydrogens (tertiary/aromatic N) is 10. The fraction of sp³-hybridized carbons (Fsp3) is 0.0833. The minimum atomic E-state index is 0.716. The summed E-state index contributed by atoms with van der Waals surface area (Å²) in [7, 11) is 0. The molecular weight excluding hydrogens is 1850 g/mol. The first kappa shape index (κ1) is 91.1. The van der Waals surface area contributed by atoms with E-state index in [-0.39, 0.29) is 0 Å². The van der Waals surface area contributed by atoms with Gasteiger partial charge in [0.15, 0.2) is 5.58 Å². The smallest absolute Gasteiger partial charge is 0.227 e. The molecule has 18 aromatic heterocycles. The van der Waals surface area contributed by atoms with Gasteiger partial charge in [0.05, 0.1) is 46.7 Å². The third-order valence-corrected chi connectivity index (χ3v) is 32.2. The van der Waals surface area contributed by atoms with Crippen molar-refractivity contribution in [2.75, 3.05) is 0 Å². The fourth-order valence-electron chi connectivity index (χ4n) is 17.3. The Bertz CT molecular complexity index is 8330. The van der Waals surface area contributed by atoms with Gasteiger partial charge in [-0.3, -0.25) is 24.9 Å². The number of fused-ring (bicyclic) bond motifs is 30. The van der Waals surface area contributed by atoms with Crippen molar-refractivity contribution < 1.29 is 13.3 Å². The van der Waals surface area contributed by atoms with Crippen LogP contribution in [-0.4, -0.2) is 49.8 Å². The number of hydrogen-bond donors (Lipinski definition) is 0. The molecule has 12 aromatic carbocycles. The van der Waals surface area contributed by atoms with Crippen molar-refractivity contribution in [3.63, 3.8) is 0 Å².